The lowest BCUT2D eigenvalue weighted by molar-refractivity contribution is 0.0945. The number of hydrogen-bond acceptors (Lipinski definition) is 3. The molecule has 0 aliphatic heterocycles. The predicted molar refractivity (Wildman–Crippen MR) is 91.0 cm³/mol. The average Bonchev–Trinajstić information content (AvgIpc) is 2.54. The highest BCUT2D eigenvalue weighted by Gasteiger charge is 2.13. The predicted octanol–water partition coefficient (Wildman–Crippen LogP) is 3.80. The van der Waals surface area contributed by atoms with Crippen molar-refractivity contribution in [1.82, 2.24) is 5.32 Å². The van der Waals surface area contributed by atoms with Crippen LogP contribution in [0, 0.1) is 0 Å². The van der Waals surface area contributed by atoms with E-state index in [1.54, 1.807) is 6.07 Å². The van der Waals surface area contributed by atoms with Gasteiger partial charge in [-0.05, 0) is 39.0 Å². The number of carbonyl (C=O) groups excluding carboxylic acids is 1. The van der Waals surface area contributed by atoms with Gasteiger partial charge in [0, 0.05) is 12.1 Å². The van der Waals surface area contributed by atoms with Gasteiger partial charge in [0.15, 0.2) is 0 Å². The van der Waals surface area contributed by atoms with Crippen molar-refractivity contribution in [1.29, 1.82) is 0 Å². The standard InChI is InChI=1S/C19H23NO3/c1-4-22-17-11-7-5-9-15(17)13-20-19(21)16-10-6-8-12-18(16)23-14(2)3/h5-12,14H,4,13H2,1-3H3,(H,20,21). The van der Waals surface area contributed by atoms with E-state index in [1.807, 2.05) is 63.2 Å². The fourth-order valence-corrected chi connectivity index (χ4v) is 2.23. The van der Waals surface area contributed by atoms with Crippen LogP contribution in [0.4, 0.5) is 0 Å². The molecule has 2 rings (SSSR count). The van der Waals surface area contributed by atoms with Crippen molar-refractivity contribution < 1.29 is 14.3 Å². The van der Waals surface area contributed by atoms with Crippen molar-refractivity contribution in [2.45, 2.75) is 33.4 Å². The van der Waals surface area contributed by atoms with Gasteiger partial charge in [0.2, 0.25) is 0 Å². The van der Waals surface area contributed by atoms with Crippen LogP contribution in [0.2, 0.25) is 0 Å². The minimum atomic E-state index is -0.160. The molecule has 0 aliphatic carbocycles. The van der Waals surface area contributed by atoms with Crippen LogP contribution in [0.15, 0.2) is 48.5 Å². The third kappa shape index (κ3) is 4.74. The van der Waals surface area contributed by atoms with Crippen molar-refractivity contribution in [2.75, 3.05) is 6.61 Å². The first-order valence-electron chi connectivity index (χ1n) is 7.86. The summed E-state index contributed by atoms with van der Waals surface area (Å²) in [5.41, 5.74) is 1.49. The van der Waals surface area contributed by atoms with Crippen LogP contribution in [-0.2, 0) is 6.54 Å². The summed E-state index contributed by atoms with van der Waals surface area (Å²) in [4.78, 5) is 12.5. The Kier molecular flexibility index (Phi) is 6.03. The monoisotopic (exact) mass is 313 g/mol. The average molecular weight is 313 g/mol. The molecule has 0 atom stereocenters. The number of carbonyl (C=O) groups is 1. The Morgan fingerprint density at radius 3 is 2.39 bits per heavy atom. The highest BCUT2D eigenvalue weighted by molar-refractivity contribution is 5.96. The molecule has 0 unspecified atom stereocenters. The summed E-state index contributed by atoms with van der Waals surface area (Å²) in [6.45, 7) is 6.82. The van der Waals surface area contributed by atoms with Gasteiger partial charge in [-0.15, -0.1) is 0 Å². The zero-order chi connectivity index (χ0) is 16.7. The van der Waals surface area contributed by atoms with Crippen molar-refractivity contribution in [2.24, 2.45) is 0 Å². The Morgan fingerprint density at radius 2 is 1.70 bits per heavy atom. The first kappa shape index (κ1) is 16.9. The first-order valence-corrected chi connectivity index (χ1v) is 7.86. The smallest absolute Gasteiger partial charge is 0.255 e. The molecule has 0 bridgehead atoms. The van der Waals surface area contributed by atoms with Crippen LogP contribution in [0.1, 0.15) is 36.7 Å². The molecule has 23 heavy (non-hydrogen) atoms. The summed E-state index contributed by atoms with van der Waals surface area (Å²) in [5, 5.41) is 2.93. The lowest BCUT2D eigenvalue weighted by Crippen LogP contribution is -2.24. The molecule has 0 fully saturated rings. The second-order valence-electron chi connectivity index (χ2n) is 5.39. The minimum Gasteiger partial charge on any atom is -0.494 e. The van der Waals surface area contributed by atoms with Gasteiger partial charge in [-0.1, -0.05) is 30.3 Å². The number of rotatable bonds is 7. The Morgan fingerprint density at radius 1 is 1.04 bits per heavy atom. The Balaban J connectivity index is 2.09. The van der Waals surface area contributed by atoms with Crippen LogP contribution in [-0.4, -0.2) is 18.6 Å². The van der Waals surface area contributed by atoms with Gasteiger partial charge in [0.05, 0.1) is 18.3 Å². The van der Waals surface area contributed by atoms with E-state index in [2.05, 4.69) is 5.32 Å². The molecule has 2 aromatic carbocycles. The van der Waals surface area contributed by atoms with Crippen LogP contribution in [0.3, 0.4) is 0 Å². The fraction of sp³-hybridized carbons (Fsp3) is 0.316. The van der Waals surface area contributed by atoms with Gasteiger partial charge in [-0.3, -0.25) is 4.79 Å². The number of hydrogen-bond donors (Lipinski definition) is 1. The molecule has 0 aromatic heterocycles. The highest BCUT2D eigenvalue weighted by atomic mass is 16.5. The van der Waals surface area contributed by atoms with E-state index >= 15 is 0 Å². The topological polar surface area (TPSA) is 47.6 Å². The van der Waals surface area contributed by atoms with Crippen molar-refractivity contribution in [3.05, 3.63) is 59.7 Å². The van der Waals surface area contributed by atoms with Crippen molar-refractivity contribution in [3.63, 3.8) is 0 Å². The first-order chi connectivity index (χ1) is 11.1. The van der Waals surface area contributed by atoms with E-state index in [1.165, 1.54) is 0 Å². The maximum Gasteiger partial charge on any atom is 0.255 e. The summed E-state index contributed by atoms with van der Waals surface area (Å²) >= 11 is 0. The van der Waals surface area contributed by atoms with E-state index in [4.69, 9.17) is 9.47 Å². The third-order valence-corrected chi connectivity index (χ3v) is 3.21. The summed E-state index contributed by atoms with van der Waals surface area (Å²) in [6.07, 6.45) is 0.0163. The fourth-order valence-electron chi connectivity index (χ4n) is 2.23. The molecule has 0 aliphatic rings. The summed E-state index contributed by atoms with van der Waals surface area (Å²) < 4.78 is 11.3. The van der Waals surface area contributed by atoms with Crippen molar-refractivity contribution in [3.8, 4) is 11.5 Å². The van der Waals surface area contributed by atoms with E-state index < -0.39 is 0 Å². The molecular weight excluding hydrogens is 290 g/mol. The van der Waals surface area contributed by atoms with Gasteiger partial charge in [-0.2, -0.15) is 0 Å². The summed E-state index contributed by atoms with van der Waals surface area (Å²) in [6, 6.07) is 15.0. The molecule has 1 amide bonds. The molecule has 2 aromatic rings. The van der Waals surface area contributed by atoms with E-state index in [0.717, 1.165) is 11.3 Å². The zero-order valence-electron chi connectivity index (χ0n) is 13.8. The molecule has 4 heteroatoms. The van der Waals surface area contributed by atoms with Gasteiger partial charge < -0.3 is 14.8 Å². The normalized spacial score (nSPS) is 10.4. The molecule has 1 N–H and O–H groups in total. The summed E-state index contributed by atoms with van der Waals surface area (Å²) in [7, 11) is 0. The molecule has 0 spiro atoms. The Hall–Kier alpha value is -2.49. The van der Waals surface area contributed by atoms with Crippen LogP contribution in [0.5, 0.6) is 11.5 Å². The minimum absolute atomic E-state index is 0.0163. The largest absolute Gasteiger partial charge is 0.494 e. The molecule has 0 heterocycles. The second-order valence-corrected chi connectivity index (χ2v) is 5.39. The van der Waals surface area contributed by atoms with Crippen LogP contribution >= 0.6 is 0 Å². The molecule has 0 radical (unpaired) electrons. The van der Waals surface area contributed by atoms with Gasteiger partial charge in [0.1, 0.15) is 11.5 Å². The molecule has 0 saturated carbocycles. The number of benzene rings is 2. The molecular formula is C19H23NO3. The third-order valence-electron chi connectivity index (χ3n) is 3.21. The maximum atomic E-state index is 12.5. The molecule has 122 valence electrons. The van der Waals surface area contributed by atoms with E-state index in [0.29, 0.717) is 24.5 Å². The SMILES string of the molecule is CCOc1ccccc1CNC(=O)c1ccccc1OC(C)C. The second kappa shape index (κ2) is 8.22. The van der Waals surface area contributed by atoms with E-state index in [9.17, 15) is 4.79 Å². The number of para-hydroxylation sites is 2. The summed E-state index contributed by atoms with van der Waals surface area (Å²) in [5.74, 6) is 1.23. The van der Waals surface area contributed by atoms with Crippen molar-refractivity contribution >= 4 is 5.91 Å². The number of amides is 1. The Labute approximate surface area is 137 Å². The van der Waals surface area contributed by atoms with Gasteiger partial charge in [0.25, 0.3) is 5.91 Å². The zero-order valence-corrected chi connectivity index (χ0v) is 13.8. The Bertz CT molecular complexity index is 653. The van der Waals surface area contributed by atoms with Crippen LogP contribution < -0.4 is 14.8 Å². The number of nitrogens with one attached hydrogen (secondary N) is 1. The van der Waals surface area contributed by atoms with Gasteiger partial charge >= 0.3 is 0 Å². The quantitative estimate of drug-likeness (QED) is 0.845. The lowest BCUT2D eigenvalue weighted by atomic mass is 10.1. The maximum absolute atomic E-state index is 12.5. The van der Waals surface area contributed by atoms with Crippen LogP contribution in [0.25, 0.3) is 0 Å². The molecule has 4 nitrogen and oxygen atoms in total. The lowest BCUT2D eigenvalue weighted by Gasteiger charge is -2.15. The number of ether oxygens (including phenoxy) is 2. The van der Waals surface area contributed by atoms with E-state index in [-0.39, 0.29) is 12.0 Å². The van der Waals surface area contributed by atoms with Gasteiger partial charge in [-0.25, -0.2) is 0 Å². The highest BCUT2D eigenvalue weighted by Crippen LogP contribution is 2.21. The molecule has 0 saturated heterocycles.